The Morgan fingerprint density at radius 3 is 2.29 bits per heavy atom. The standard InChI is InChI=1S/C28H34N4O2/c1-2-30-28(23-10-4-3-5-11-23)17-15-26(16-18-28)20-31(24-12-7-6-9-22(24)19-29)25(33)32(26)21-27(34)13-8-14-27/h3-7,9-12,30,34H,2,8,13-18,20-21H2,1H3/t26-,28-. The molecule has 2 aromatic carbocycles. The zero-order valence-corrected chi connectivity index (χ0v) is 20.0. The van der Waals surface area contributed by atoms with E-state index in [1.165, 1.54) is 5.56 Å². The second-order valence-electron chi connectivity index (χ2n) is 10.4. The van der Waals surface area contributed by atoms with Crippen molar-refractivity contribution in [3.8, 4) is 6.07 Å². The van der Waals surface area contributed by atoms with E-state index in [0.717, 1.165) is 51.5 Å². The molecule has 1 heterocycles. The lowest BCUT2D eigenvalue weighted by molar-refractivity contribution is -0.0691. The first-order valence-electron chi connectivity index (χ1n) is 12.6. The maximum absolute atomic E-state index is 13.8. The van der Waals surface area contributed by atoms with Crippen LogP contribution >= 0.6 is 0 Å². The van der Waals surface area contributed by atoms with Crippen LogP contribution in [0, 0.1) is 11.3 Å². The number of benzene rings is 2. The number of hydrogen-bond acceptors (Lipinski definition) is 4. The summed E-state index contributed by atoms with van der Waals surface area (Å²) in [5.41, 5.74) is 1.23. The summed E-state index contributed by atoms with van der Waals surface area (Å²) < 4.78 is 0. The van der Waals surface area contributed by atoms with Crippen LogP contribution in [0.2, 0.25) is 0 Å². The molecule has 3 fully saturated rings. The van der Waals surface area contributed by atoms with Crippen molar-refractivity contribution >= 4 is 11.7 Å². The van der Waals surface area contributed by atoms with Crippen LogP contribution in [0.5, 0.6) is 0 Å². The van der Waals surface area contributed by atoms with Gasteiger partial charge >= 0.3 is 6.03 Å². The number of amides is 2. The van der Waals surface area contributed by atoms with Gasteiger partial charge in [-0.3, -0.25) is 4.90 Å². The summed E-state index contributed by atoms with van der Waals surface area (Å²) in [5, 5.41) is 24.5. The molecule has 3 aliphatic rings. The Morgan fingerprint density at radius 1 is 1.00 bits per heavy atom. The van der Waals surface area contributed by atoms with Crippen LogP contribution < -0.4 is 10.2 Å². The van der Waals surface area contributed by atoms with Crippen LogP contribution in [0.1, 0.15) is 63.0 Å². The van der Waals surface area contributed by atoms with Gasteiger partial charge in [-0.25, -0.2) is 4.79 Å². The van der Waals surface area contributed by atoms with Crippen LogP contribution in [0.15, 0.2) is 54.6 Å². The molecule has 2 aliphatic carbocycles. The lowest BCUT2D eigenvalue weighted by atomic mass is 9.68. The van der Waals surface area contributed by atoms with Gasteiger partial charge in [0.2, 0.25) is 0 Å². The summed E-state index contributed by atoms with van der Waals surface area (Å²) in [6.45, 7) is 3.95. The second kappa shape index (κ2) is 8.72. The Bertz CT molecular complexity index is 1080. The quantitative estimate of drug-likeness (QED) is 0.666. The first kappa shape index (κ1) is 22.9. The van der Waals surface area contributed by atoms with Crippen molar-refractivity contribution in [2.45, 2.75) is 68.5 Å². The van der Waals surface area contributed by atoms with Gasteiger partial charge in [-0.1, -0.05) is 49.4 Å². The van der Waals surface area contributed by atoms with E-state index in [1.54, 1.807) is 11.0 Å². The molecular weight excluding hydrogens is 424 g/mol. The van der Waals surface area contributed by atoms with Gasteiger partial charge in [-0.05, 0) is 69.2 Å². The predicted octanol–water partition coefficient (Wildman–Crippen LogP) is 4.53. The van der Waals surface area contributed by atoms with Crippen LogP contribution in [-0.4, -0.2) is 46.8 Å². The molecule has 2 amide bonds. The molecule has 1 saturated heterocycles. The second-order valence-corrected chi connectivity index (χ2v) is 10.4. The van der Waals surface area contributed by atoms with E-state index in [-0.39, 0.29) is 17.1 Å². The number of nitriles is 1. The third-order valence-electron chi connectivity index (χ3n) is 8.41. The first-order chi connectivity index (χ1) is 16.4. The SMILES string of the molecule is CCN[C@]1(c2ccccc2)CC[C@@]2(CC1)CN(c1ccccc1C#N)C(=O)N2CC1(O)CCC1. The zero-order chi connectivity index (χ0) is 23.8. The highest BCUT2D eigenvalue weighted by Crippen LogP contribution is 2.49. The molecule has 0 bridgehead atoms. The highest BCUT2D eigenvalue weighted by Gasteiger charge is 2.56. The summed E-state index contributed by atoms with van der Waals surface area (Å²) in [6.07, 6.45) is 6.02. The van der Waals surface area contributed by atoms with Gasteiger partial charge in [0.15, 0.2) is 0 Å². The molecule has 1 spiro atoms. The molecule has 2 saturated carbocycles. The van der Waals surface area contributed by atoms with E-state index in [4.69, 9.17) is 0 Å². The van der Waals surface area contributed by atoms with Crippen molar-refractivity contribution in [2.75, 3.05) is 24.5 Å². The molecule has 0 radical (unpaired) electrons. The molecule has 0 atom stereocenters. The van der Waals surface area contributed by atoms with Crippen LogP contribution in [0.25, 0.3) is 0 Å². The number of para-hydroxylation sites is 1. The van der Waals surface area contributed by atoms with E-state index in [9.17, 15) is 15.2 Å². The minimum Gasteiger partial charge on any atom is -0.388 e. The Labute approximate surface area is 202 Å². The number of carbonyl (C=O) groups is 1. The molecule has 5 rings (SSSR count). The number of aliphatic hydroxyl groups is 1. The third-order valence-corrected chi connectivity index (χ3v) is 8.41. The third kappa shape index (κ3) is 3.77. The van der Waals surface area contributed by atoms with Crippen molar-refractivity contribution in [3.05, 3.63) is 65.7 Å². The number of carbonyl (C=O) groups excluding carboxylic acids is 1. The fourth-order valence-corrected chi connectivity index (χ4v) is 6.29. The van der Waals surface area contributed by atoms with E-state index in [0.29, 0.717) is 24.3 Å². The van der Waals surface area contributed by atoms with Crippen molar-refractivity contribution in [1.29, 1.82) is 5.26 Å². The molecule has 0 unspecified atom stereocenters. The Morgan fingerprint density at radius 2 is 1.68 bits per heavy atom. The Hall–Kier alpha value is -2.88. The minimum atomic E-state index is -0.789. The topological polar surface area (TPSA) is 79.6 Å². The number of β-amino-alcohol motifs (C(OH)–C–C–N with tert-alkyl or cyclic N) is 1. The Balaban J connectivity index is 1.48. The normalized spacial score (nSPS) is 28.1. The van der Waals surface area contributed by atoms with E-state index < -0.39 is 5.60 Å². The molecule has 2 N–H and O–H groups in total. The van der Waals surface area contributed by atoms with Gasteiger partial charge < -0.3 is 15.3 Å². The number of urea groups is 1. The maximum atomic E-state index is 13.8. The summed E-state index contributed by atoms with van der Waals surface area (Å²) in [7, 11) is 0. The lowest BCUT2D eigenvalue weighted by Gasteiger charge is -2.50. The molecule has 34 heavy (non-hydrogen) atoms. The first-order valence-corrected chi connectivity index (χ1v) is 12.6. The number of nitrogens with zero attached hydrogens (tertiary/aromatic N) is 3. The van der Waals surface area contributed by atoms with Crippen LogP contribution in [0.4, 0.5) is 10.5 Å². The van der Waals surface area contributed by atoms with Crippen LogP contribution in [0.3, 0.4) is 0 Å². The van der Waals surface area contributed by atoms with Gasteiger partial charge in [0.05, 0.1) is 35.5 Å². The molecule has 6 heteroatoms. The molecule has 1 aliphatic heterocycles. The number of hydrogen-bond donors (Lipinski definition) is 2. The summed E-state index contributed by atoms with van der Waals surface area (Å²) in [5.74, 6) is 0. The van der Waals surface area contributed by atoms with Gasteiger partial charge in [0.1, 0.15) is 6.07 Å². The van der Waals surface area contributed by atoms with Gasteiger partial charge in [-0.15, -0.1) is 0 Å². The monoisotopic (exact) mass is 458 g/mol. The summed E-state index contributed by atoms with van der Waals surface area (Å²) >= 11 is 0. The van der Waals surface area contributed by atoms with Crippen LogP contribution in [-0.2, 0) is 5.54 Å². The summed E-state index contributed by atoms with van der Waals surface area (Å²) in [4.78, 5) is 17.6. The smallest absolute Gasteiger partial charge is 0.325 e. The van der Waals surface area contributed by atoms with Crippen molar-refractivity contribution in [1.82, 2.24) is 10.2 Å². The van der Waals surface area contributed by atoms with Crippen molar-refractivity contribution < 1.29 is 9.90 Å². The fourth-order valence-electron chi connectivity index (χ4n) is 6.29. The highest BCUT2D eigenvalue weighted by atomic mass is 16.3. The molecular formula is C28H34N4O2. The largest absolute Gasteiger partial charge is 0.388 e. The minimum absolute atomic E-state index is 0.0845. The summed E-state index contributed by atoms with van der Waals surface area (Å²) in [6, 6.07) is 20.1. The van der Waals surface area contributed by atoms with Gasteiger partial charge in [-0.2, -0.15) is 5.26 Å². The zero-order valence-electron chi connectivity index (χ0n) is 20.0. The number of rotatable bonds is 6. The molecule has 6 nitrogen and oxygen atoms in total. The number of anilines is 1. The molecule has 2 aromatic rings. The molecule has 0 aromatic heterocycles. The average Bonchev–Trinajstić information content (AvgIpc) is 3.11. The van der Waals surface area contributed by atoms with Gasteiger partial charge in [0, 0.05) is 5.54 Å². The maximum Gasteiger partial charge on any atom is 0.325 e. The van der Waals surface area contributed by atoms with E-state index in [2.05, 4.69) is 48.6 Å². The van der Waals surface area contributed by atoms with E-state index in [1.807, 2.05) is 23.1 Å². The average molecular weight is 459 g/mol. The van der Waals surface area contributed by atoms with E-state index >= 15 is 0 Å². The van der Waals surface area contributed by atoms with Gasteiger partial charge in [0.25, 0.3) is 0 Å². The van der Waals surface area contributed by atoms with Crippen molar-refractivity contribution in [3.63, 3.8) is 0 Å². The fraction of sp³-hybridized carbons (Fsp3) is 0.500. The predicted molar refractivity (Wildman–Crippen MR) is 132 cm³/mol. The number of nitrogens with one attached hydrogen (secondary N) is 1. The highest BCUT2D eigenvalue weighted by molar-refractivity contribution is 5.96. The Kier molecular flexibility index (Phi) is 5.87. The lowest BCUT2D eigenvalue weighted by Crippen LogP contribution is -2.59. The molecule has 178 valence electrons. The van der Waals surface area contributed by atoms with Crippen molar-refractivity contribution in [2.24, 2.45) is 0 Å².